The van der Waals surface area contributed by atoms with Crippen LogP contribution in [-0.2, 0) is 0 Å². The molecule has 0 atom stereocenters. The second-order valence-corrected chi connectivity index (χ2v) is 8.56. The lowest BCUT2D eigenvalue weighted by Crippen LogP contribution is -2.24. The molecular formula is C24H27O6P. The van der Waals surface area contributed by atoms with E-state index in [4.69, 9.17) is 28.4 Å². The lowest BCUT2D eigenvalue weighted by molar-refractivity contribution is 0.396. The summed E-state index contributed by atoms with van der Waals surface area (Å²) in [4.78, 5) is 0. The van der Waals surface area contributed by atoms with E-state index >= 15 is 0 Å². The molecule has 6 nitrogen and oxygen atoms in total. The Kier molecular flexibility index (Phi) is 7.48. The summed E-state index contributed by atoms with van der Waals surface area (Å²) in [5.41, 5.74) is 0. The lowest BCUT2D eigenvalue weighted by atomic mass is 10.3. The van der Waals surface area contributed by atoms with Crippen molar-refractivity contribution >= 4 is 23.8 Å². The zero-order chi connectivity index (χ0) is 22.4. The normalized spacial score (nSPS) is 10.5. The Balaban J connectivity index is 2.31. The molecule has 3 rings (SSSR count). The van der Waals surface area contributed by atoms with Gasteiger partial charge in [-0.2, -0.15) is 0 Å². The fourth-order valence-corrected chi connectivity index (χ4v) is 5.88. The molecule has 0 aromatic heterocycles. The van der Waals surface area contributed by atoms with Crippen molar-refractivity contribution in [2.24, 2.45) is 0 Å². The number of rotatable bonds is 9. The summed E-state index contributed by atoms with van der Waals surface area (Å²) in [6, 6.07) is 17.5. The third kappa shape index (κ3) is 4.64. The van der Waals surface area contributed by atoms with Gasteiger partial charge in [0, 0.05) is 34.1 Å². The predicted octanol–water partition coefficient (Wildman–Crippen LogP) is 3.50. The highest BCUT2D eigenvalue weighted by Crippen LogP contribution is 2.44. The third-order valence-electron chi connectivity index (χ3n) is 4.88. The molecule has 0 saturated heterocycles. The molecule has 0 fully saturated rings. The molecular weight excluding hydrogens is 415 g/mol. The van der Waals surface area contributed by atoms with E-state index in [1.54, 1.807) is 42.7 Å². The van der Waals surface area contributed by atoms with Crippen molar-refractivity contribution in [3.8, 4) is 34.5 Å². The lowest BCUT2D eigenvalue weighted by Gasteiger charge is -2.25. The van der Waals surface area contributed by atoms with Crippen LogP contribution >= 0.6 is 7.92 Å². The van der Waals surface area contributed by atoms with Crippen molar-refractivity contribution in [1.29, 1.82) is 0 Å². The number of hydrogen-bond acceptors (Lipinski definition) is 6. The van der Waals surface area contributed by atoms with Crippen molar-refractivity contribution < 1.29 is 28.4 Å². The Labute approximate surface area is 184 Å². The Morgan fingerprint density at radius 1 is 0.419 bits per heavy atom. The molecule has 0 bridgehead atoms. The molecule has 3 aromatic carbocycles. The second kappa shape index (κ2) is 10.3. The summed E-state index contributed by atoms with van der Waals surface area (Å²) in [6.45, 7) is 0. The fraction of sp³-hybridized carbons (Fsp3) is 0.250. The van der Waals surface area contributed by atoms with Crippen LogP contribution < -0.4 is 44.3 Å². The summed E-state index contributed by atoms with van der Waals surface area (Å²) >= 11 is 0. The molecule has 7 heteroatoms. The van der Waals surface area contributed by atoms with Crippen molar-refractivity contribution in [2.75, 3.05) is 42.7 Å². The maximum Gasteiger partial charge on any atom is 0.130 e. The van der Waals surface area contributed by atoms with Gasteiger partial charge in [0.15, 0.2) is 0 Å². The molecule has 0 N–H and O–H groups in total. The van der Waals surface area contributed by atoms with Gasteiger partial charge >= 0.3 is 0 Å². The molecule has 0 radical (unpaired) electrons. The first kappa shape index (κ1) is 22.6. The van der Waals surface area contributed by atoms with Crippen LogP contribution in [0.25, 0.3) is 0 Å². The highest BCUT2D eigenvalue weighted by atomic mass is 31.1. The van der Waals surface area contributed by atoms with Crippen LogP contribution in [0.1, 0.15) is 0 Å². The highest BCUT2D eigenvalue weighted by molar-refractivity contribution is 7.80. The van der Waals surface area contributed by atoms with E-state index in [1.807, 2.05) is 54.6 Å². The van der Waals surface area contributed by atoms with Gasteiger partial charge in [-0.25, -0.2) is 0 Å². The van der Waals surface area contributed by atoms with E-state index in [9.17, 15) is 0 Å². The van der Waals surface area contributed by atoms with E-state index in [0.717, 1.165) is 50.4 Å². The molecule has 0 saturated carbocycles. The van der Waals surface area contributed by atoms with Gasteiger partial charge < -0.3 is 28.4 Å². The van der Waals surface area contributed by atoms with E-state index < -0.39 is 7.92 Å². The first-order valence-electron chi connectivity index (χ1n) is 9.56. The topological polar surface area (TPSA) is 55.4 Å². The van der Waals surface area contributed by atoms with Gasteiger partial charge in [-0.15, -0.1) is 0 Å². The van der Waals surface area contributed by atoms with Gasteiger partial charge in [0.25, 0.3) is 0 Å². The minimum absolute atomic E-state index is 0.721. The minimum Gasteiger partial charge on any atom is -0.497 e. The molecule has 0 aliphatic heterocycles. The van der Waals surface area contributed by atoms with E-state index in [1.165, 1.54) is 0 Å². The Bertz CT molecular complexity index is 905. The minimum atomic E-state index is -1.12. The zero-order valence-corrected chi connectivity index (χ0v) is 19.5. The highest BCUT2D eigenvalue weighted by Gasteiger charge is 2.27. The molecule has 0 spiro atoms. The number of benzene rings is 3. The van der Waals surface area contributed by atoms with Crippen LogP contribution in [0.15, 0.2) is 54.6 Å². The van der Waals surface area contributed by atoms with Crippen LogP contribution in [0, 0.1) is 0 Å². The Morgan fingerprint density at radius 2 is 0.710 bits per heavy atom. The largest absolute Gasteiger partial charge is 0.497 e. The van der Waals surface area contributed by atoms with E-state index in [-0.39, 0.29) is 0 Å². The number of hydrogen-bond donors (Lipinski definition) is 0. The standard InChI is InChI=1S/C24H27O6P/c1-25-16-7-10-22(19(13-16)28-4)31(23-11-8-17(26-2)14-20(23)29-5)24-12-9-18(27-3)15-21(24)30-6/h7-15H,1-6H3. The molecule has 0 aliphatic carbocycles. The Morgan fingerprint density at radius 3 is 0.935 bits per heavy atom. The molecule has 3 aromatic rings. The maximum absolute atomic E-state index is 5.75. The van der Waals surface area contributed by atoms with Crippen molar-refractivity contribution in [2.45, 2.75) is 0 Å². The average molecular weight is 442 g/mol. The summed E-state index contributed by atoms with van der Waals surface area (Å²) in [5.74, 6) is 4.33. The van der Waals surface area contributed by atoms with Gasteiger partial charge in [-0.05, 0) is 44.3 Å². The molecule has 0 amide bonds. The van der Waals surface area contributed by atoms with Crippen molar-refractivity contribution in [1.82, 2.24) is 0 Å². The van der Waals surface area contributed by atoms with Crippen LogP contribution in [0.2, 0.25) is 0 Å². The molecule has 164 valence electrons. The van der Waals surface area contributed by atoms with Crippen LogP contribution in [-0.4, -0.2) is 42.7 Å². The molecule has 0 unspecified atom stereocenters. The van der Waals surface area contributed by atoms with Crippen LogP contribution in [0.4, 0.5) is 0 Å². The average Bonchev–Trinajstić information content (AvgIpc) is 2.84. The third-order valence-corrected chi connectivity index (χ3v) is 7.44. The first-order chi connectivity index (χ1) is 15.1. The van der Waals surface area contributed by atoms with Crippen molar-refractivity contribution in [3.05, 3.63) is 54.6 Å². The summed E-state index contributed by atoms with van der Waals surface area (Å²) < 4.78 is 33.5. The van der Waals surface area contributed by atoms with Gasteiger partial charge in [0.1, 0.15) is 34.5 Å². The molecule has 0 aliphatic rings. The summed E-state index contributed by atoms with van der Waals surface area (Å²) in [5, 5.41) is 3.01. The predicted molar refractivity (Wildman–Crippen MR) is 124 cm³/mol. The smallest absolute Gasteiger partial charge is 0.130 e. The van der Waals surface area contributed by atoms with E-state index in [0.29, 0.717) is 0 Å². The first-order valence-corrected chi connectivity index (χ1v) is 10.9. The van der Waals surface area contributed by atoms with Gasteiger partial charge in [-0.3, -0.25) is 0 Å². The van der Waals surface area contributed by atoms with Crippen LogP contribution in [0.5, 0.6) is 34.5 Å². The second-order valence-electron chi connectivity index (χ2n) is 6.45. The van der Waals surface area contributed by atoms with Gasteiger partial charge in [-0.1, -0.05) is 0 Å². The Hall–Kier alpha value is -3.11. The maximum atomic E-state index is 5.75. The monoisotopic (exact) mass is 442 g/mol. The molecule has 0 heterocycles. The van der Waals surface area contributed by atoms with E-state index in [2.05, 4.69) is 0 Å². The SMILES string of the molecule is COc1ccc(P(c2ccc(OC)cc2OC)c2ccc(OC)cc2OC)c(OC)c1. The number of methoxy groups -OCH3 is 6. The summed E-state index contributed by atoms with van der Waals surface area (Å²) in [6.07, 6.45) is 0. The summed E-state index contributed by atoms with van der Waals surface area (Å²) in [7, 11) is 8.75. The molecule has 31 heavy (non-hydrogen) atoms. The van der Waals surface area contributed by atoms with Gasteiger partial charge in [0.05, 0.1) is 42.7 Å². The fourth-order valence-electron chi connectivity index (χ4n) is 3.30. The quantitative estimate of drug-likeness (QED) is 0.473. The van der Waals surface area contributed by atoms with Gasteiger partial charge in [0.2, 0.25) is 0 Å². The van der Waals surface area contributed by atoms with Crippen LogP contribution in [0.3, 0.4) is 0 Å². The zero-order valence-electron chi connectivity index (χ0n) is 18.6. The number of ether oxygens (including phenoxy) is 6. The van der Waals surface area contributed by atoms with Crippen molar-refractivity contribution in [3.63, 3.8) is 0 Å².